The minimum atomic E-state index is -0.770. The number of piperidine rings is 1. The van der Waals surface area contributed by atoms with Crippen LogP contribution in [0.25, 0.3) is 0 Å². The number of hydrogen-bond donors (Lipinski definition) is 3. The maximum absolute atomic E-state index is 12.4. The summed E-state index contributed by atoms with van der Waals surface area (Å²) in [4.78, 5) is 19.1. The van der Waals surface area contributed by atoms with Crippen LogP contribution in [0.4, 0.5) is 5.69 Å². The van der Waals surface area contributed by atoms with Gasteiger partial charge in [-0.1, -0.05) is 11.6 Å². The highest BCUT2D eigenvalue weighted by Crippen LogP contribution is 2.41. The van der Waals surface area contributed by atoms with Crippen LogP contribution in [0, 0.1) is 5.41 Å². The number of nitrogens with one attached hydrogen (secondary N) is 1. The molecule has 1 saturated heterocycles. The molecule has 23 heavy (non-hydrogen) atoms. The first-order valence-electron chi connectivity index (χ1n) is 7.77. The van der Waals surface area contributed by atoms with Gasteiger partial charge in [0.05, 0.1) is 0 Å². The van der Waals surface area contributed by atoms with Gasteiger partial charge in [-0.3, -0.25) is 9.63 Å². The average Bonchev–Trinajstić information content (AvgIpc) is 3.35. The van der Waals surface area contributed by atoms with Crippen molar-refractivity contribution in [1.82, 2.24) is 4.90 Å². The number of carbonyl (C=O) groups is 1. The Morgan fingerprint density at radius 2 is 2.04 bits per heavy atom. The minimum absolute atomic E-state index is 0.00339. The zero-order valence-corrected chi connectivity index (χ0v) is 13.6. The molecule has 1 aromatic carbocycles. The van der Waals surface area contributed by atoms with Crippen molar-refractivity contribution in [2.75, 3.05) is 18.8 Å². The number of amides is 1. The highest BCUT2D eigenvalue weighted by Gasteiger charge is 2.53. The molecule has 0 aromatic heterocycles. The van der Waals surface area contributed by atoms with E-state index < -0.39 is 5.60 Å². The van der Waals surface area contributed by atoms with Gasteiger partial charge < -0.3 is 16.0 Å². The molecule has 2 fully saturated rings. The molecule has 124 valence electrons. The molecule has 6 nitrogen and oxygen atoms in total. The molecule has 5 N–H and O–H groups in total. The Bertz CT molecular complexity index is 637. The van der Waals surface area contributed by atoms with Crippen LogP contribution in [-0.4, -0.2) is 35.7 Å². The van der Waals surface area contributed by atoms with Gasteiger partial charge in [-0.2, -0.15) is 0 Å². The Morgan fingerprint density at radius 1 is 1.39 bits per heavy atom. The lowest BCUT2D eigenvalue weighted by Crippen LogP contribution is -2.46. The highest BCUT2D eigenvalue weighted by molar-refractivity contribution is 6.31. The van der Waals surface area contributed by atoms with Crippen molar-refractivity contribution in [3.05, 3.63) is 28.3 Å². The largest absolute Gasteiger partial charge is 0.398 e. The van der Waals surface area contributed by atoms with Gasteiger partial charge >= 0.3 is 0 Å². The topological polar surface area (TPSA) is 105 Å². The zero-order valence-electron chi connectivity index (χ0n) is 12.8. The van der Waals surface area contributed by atoms with Gasteiger partial charge in [-0.15, -0.1) is 0 Å². The van der Waals surface area contributed by atoms with E-state index in [0.717, 1.165) is 24.0 Å². The number of nitrogens with two attached hydrogens (primary N) is 2. The SMILES string of the molecule is N=Cc1c(N)cc(Cl)cc1C1CCN(C(=O)C2(ON)CC2)CC1. The first-order valence-corrected chi connectivity index (χ1v) is 8.15. The van der Waals surface area contributed by atoms with E-state index in [4.69, 9.17) is 33.5 Å². The van der Waals surface area contributed by atoms with Crippen molar-refractivity contribution in [2.45, 2.75) is 37.2 Å². The predicted octanol–water partition coefficient (Wildman–Crippen LogP) is 2.05. The van der Waals surface area contributed by atoms with Crippen LogP contribution in [0.2, 0.25) is 5.02 Å². The highest BCUT2D eigenvalue weighted by atomic mass is 35.5. The van der Waals surface area contributed by atoms with Gasteiger partial charge in [0.25, 0.3) is 5.91 Å². The van der Waals surface area contributed by atoms with Crippen molar-refractivity contribution < 1.29 is 9.63 Å². The normalized spacial score (nSPS) is 20.3. The van der Waals surface area contributed by atoms with Crippen molar-refractivity contribution in [3.8, 4) is 0 Å². The van der Waals surface area contributed by atoms with Crippen LogP contribution < -0.4 is 11.6 Å². The van der Waals surface area contributed by atoms with E-state index in [1.807, 2.05) is 11.0 Å². The quantitative estimate of drug-likeness (QED) is 0.444. The molecular formula is C16H21ClN4O2. The molecule has 0 atom stereocenters. The Morgan fingerprint density at radius 3 is 2.57 bits per heavy atom. The lowest BCUT2D eigenvalue weighted by atomic mass is 9.86. The summed E-state index contributed by atoms with van der Waals surface area (Å²) in [6, 6.07) is 3.55. The number of nitrogen functional groups attached to an aromatic ring is 1. The molecule has 2 aliphatic rings. The molecule has 3 rings (SSSR count). The molecule has 7 heteroatoms. The Kier molecular flexibility index (Phi) is 4.31. The van der Waals surface area contributed by atoms with E-state index in [2.05, 4.69) is 0 Å². The van der Waals surface area contributed by atoms with Gasteiger partial charge in [0.1, 0.15) is 0 Å². The zero-order chi connectivity index (χ0) is 16.6. The fraction of sp³-hybridized carbons (Fsp3) is 0.500. The third-order valence-electron chi connectivity index (χ3n) is 4.89. The number of nitrogens with zero attached hydrogens (tertiary/aromatic N) is 1. The van der Waals surface area contributed by atoms with E-state index in [0.29, 0.717) is 36.6 Å². The summed E-state index contributed by atoms with van der Waals surface area (Å²) in [5.41, 5.74) is 7.44. The van der Waals surface area contributed by atoms with Crippen molar-refractivity contribution in [2.24, 2.45) is 5.90 Å². The van der Waals surface area contributed by atoms with Crippen molar-refractivity contribution in [1.29, 1.82) is 5.41 Å². The number of likely N-dealkylation sites (tertiary alicyclic amines) is 1. The summed E-state index contributed by atoms with van der Waals surface area (Å²) in [7, 11) is 0. The standard InChI is InChI=1S/C16H21ClN4O2/c17-11-7-12(13(9-18)14(19)8-11)10-1-5-21(6-2-10)15(22)16(23-20)3-4-16/h7-10,18H,1-6,19-20H2. The van der Waals surface area contributed by atoms with Gasteiger partial charge in [-0.05, 0) is 49.3 Å². The third-order valence-corrected chi connectivity index (χ3v) is 5.11. The van der Waals surface area contributed by atoms with Crippen molar-refractivity contribution >= 4 is 29.4 Å². The summed E-state index contributed by atoms with van der Waals surface area (Å²) in [5.74, 6) is 5.50. The summed E-state index contributed by atoms with van der Waals surface area (Å²) in [5, 5.41) is 8.17. The molecule has 0 unspecified atom stereocenters. The molecule has 1 aliphatic heterocycles. The van der Waals surface area contributed by atoms with Crippen LogP contribution in [-0.2, 0) is 9.63 Å². The van der Waals surface area contributed by atoms with Gasteiger partial charge in [0.15, 0.2) is 5.60 Å². The summed E-state index contributed by atoms with van der Waals surface area (Å²) in [6.45, 7) is 1.30. The fourth-order valence-corrected chi connectivity index (χ4v) is 3.58. The van der Waals surface area contributed by atoms with Crippen LogP contribution >= 0.6 is 11.6 Å². The van der Waals surface area contributed by atoms with Gasteiger partial charge in [0, 0.05) is 35.6 Å². The lowest BCUT2D eigenvalue weighted by Gasteiger charge is -2.34. The summed E-state index contributed by atoms with van der Waals surface area (Å²) in [6.07, 6.45) is 4.30. The molecule has 1 amide bonds. The lowest BCUT2D eigenvalue weighted by molar-refractivity contribution is -0.148. The van der Waals surface area contributed by atoms with Crippen LogP contribution in [0.3, 0.4) is 0 Å². The first-order chi connectivity index (χ1) is 11.0. The van der Waals surface area contributed by atoms with E-state index >= 15 is 0 Å². The molecule has 1 heterocycles. The van der Waals surface area contributed by atoms with Gasteiger partial charge in [-0.25, -0.2) is 5.90 Å². The molecule has 0 bridgehead atoms. The third kappa shape index (κ3) is 2.94. The molecule has 1 aliphatic carbocycles. The van der Waals surface area contributed by atoms with Crippen LogP contribution in [0.5, 0.6) is 0 Å². The first kappa shape index (κ1) is 16.2. The summed E-state index contributed by atoms with van der Waals surface area (Å²) >= 11 is 6.11. The number of rotatable bonds is 4. The molecule has 1 saturated carbocycles. The molecule has 0 spiro atoms. The van der Waals surface area contributed by atoms with E-state index in [1.54, 1.807) is 6.07 Å². The minimum Gasteiger partial charge on any atom is -0.398 e. The Balaban J connectivity index is 1.72. The van der Waals surface area contributed by atoms with E-state index in [1.165, 1.54) is 6.21 Å². The van der Waals surface area contributed by atoms with Gasteiger partial charge in [0.2, 0.25) is 0 Å². The average molecular weight is 337 g/mol. The second-order valence-electron chi connectivity index (χ2n) is 6.32. The molecular weight excluding hydrogens is 316 g/mol. The number of hydrogen-bond acceptors (Lipinski definition) is 5. The second kappa shape index (κ2) is 6.11. The van der Waals surface area contributed by atoms with Crippen LogP contribution in [0.1, 0.15) is 42.7 Å². The van der Waals surface area contributed by atoms with Crippen molar-refractivity contribution in [3.63, 3.8) is 0 Å². The number of carbonyl (C=O) groups excluding carboxylic acids is 1. The Hall–Kier alpha value is -1.63. The second-order valence-corrected chi connectivity index (χ2v) is 6.76. The number of anilines is 1. The fourth-order valence-electron chi connectivity index (χ4n) is 3.34. The maximum atomic E-state index is 12.4. The van der Waals surface area contributed by atoms with E-state index in [9.17, 15) is 4.79 Å². The van der Waals surface area contributed by atoms with E-state index in [-0.39, 0.29) is 11.8 Å². The predicted molar refractivity (Wildman–Crippen MR) is 89.5 cm³/mol. The molecule has 1 aromatic rings. The molecule has 0 radical (unpaired) electrons. The monoisotopic (exact) mass is 336 g/mol. The number of halogens is 1. The Labute approximate surface area is 140 Å². The van der Waals surface area contributed by atoms with Crippen LogP contribution in [0.15, 0.2) is 12.1 Å². The maximum Gasteiger partial charge on any atom is 0.256 e. The smallest absolute Gasteiger partial charge is 0.256 e. The number of benzene rings is 1. The summed E-state index contributed by atoms with van der Waals surface area (Å²) < 4.78 is 0.